The number of benzene rings is 1. The Hall–Kier alpha value is -1.96. The normalized spacial score (nSPS) is 16.1. The van der Waals surface area contributed by atoms with E-state index >= 15 is 0 Å². The molecular formula is C24H33F3N3O3P. The lowest BCUT2D eigenvalue weighted by Gasteiger charge is -2.24. The molecule has 0 aliphatic heterocycles. The second-order valence-corrected chi connectivity index (χ2v) is 11.0. The average Bonchev–Trinajstić information content (AvgIpc) is 3.01. The van der Waals surface area contributed by atoms with E-state index in [4.69, 9.17) is 9.05 Å². The number of halogens is 3. The Morgan fingerprint density at radius 1 is 0.971 bits per heavy atom. The minimum absolute atomic E-state index is 0.0679. The van der Waals surface area contributed by atoms with Crippen LogP contribution in [0.3, 0.4) is 0 Å². The Morgan fingerprint density at radius 2 is 1.53 bits per heavy atom. The van der Waals surface area contributed by atoms with Crippen molar-refractivity contribution in [2.45, 2.75) is 90.6 Å². The molecule has 0 amide bonds. The van der Waals surface area contributed by atoms with Gasteiger partial charge in [0.25, 0.3) is 0 Å². The molecule has 1 aliphatic rings. The van der Waals surface area contributed by atoms with Crippen LogP contribution in [0.1, 0.15) is 71.8 Å². The number of nitrogens with zero attached hydrogens (tertiary/aromatic N) is 2. The van der Waals surface area contributed by atoms with Gasteiger partial charge in [-0.15, -0.1) is 0 Å². The Bertz CT molecular complexity index is 975. The van der Waals surface area contributed by atoms with Crippen molar-refractivity contribution in [3.8, 4) is 11.1 Å². The van der Waals surface area contributed by atoms with Crippen LogP contribution < -0.4 is 10.9 Å². The van der Waals surface area contributed by atoms with Gasteiger partial charge in [0, 0.05) is 17.8 Å². The van der Waals surface area contributed by atoms with Crippen LogP contribution in [0.2, 0.25) is 0 Å². The van der Waals surface area contributed by atoms with Gasteiger partial charge in [0.15, 0.2) is 0 Å². The van der Waals surface area contributed by atoms with E-state index in [1.165, 1.54) is 31.2 Å². The molecule has 0 spiro atoms. The first-order chi connectivity index (χ1) is 16.0. The number of alkyl halides is 3. The number of nitrogens with one attached hydrogen (secondary N) is 1. The lowest BCUT2D eigenvalue weighted by molar-refractivity contribution is -0.137. The summed E-state index contributed by atoms with van der Waals surface area (Å²) >= 11 is 0. The van der Waals surface area contributed by atoms with E-state index in [0.29, 0.717) is 16.9 Å². The van der Waals surface area contributed by atoms with Gasteiger partial charge in [-0.1, -0.05) is 37.8 Å². The highest BCUT2D eigenvalue weighted by molar-refractivity contribution is 7.61. The summed E-state index contributed by atoms with van der Waals surface area (Å²) in [5.41, 5.74) is 0.261. The summed E-state index contributed by atoms with van der Waals surface area (Å²) in [6.07, 6.45) is 2.68. The highest BCUT2D eigenvalue weighted by Crippen LogP contribution is 2.48. The first-order valence-corrected chi connectivity index (χ1v) is 13.3. The summed E-state index contributed by atoms with van der Waals surface area (Å²) in [4.78, 5) is 8.86. The topological polar surface area (TPSA) is 73.3 Å². The van der Waals surface area contributed by atoms with E-state index < -0.39 is 19.3 Å². The highest BCUT2D eigenvalue weighted by atomic mass is 31.2. The summed E-state index contributed by atoms with van der Waals surface area (Å²) in [5.74, 6) is 0.414. The van der Waals surface area contributed by atoms with E-state index in [-0.39, 0.29) is 23.8 Å². The zero-order valence-corrected chi connectivity index (χ0v) is 21.0. The van der Waals surface area contributed by atoms with Crippen molar-refractivity contribution in [1.82, 2.24) is 9.97 Å². The van der Waals surface area contributed by atoms with Gasteiger partial charge in [0.1, 0.15) is 5.82 Å². The van der Waals surface area contributed by atoms with Crippen LogP contribution >= 0.6 is 7.60 Å². The van der Waals surface area contributed by atoms with E-state index in [2.05, 4.69) is 15.3 Å². The summed E-state index contributed by atoms with van der Waals surface area (Å²) in [6.45, 7) is 6.99. The molecule has 0 radical (unpaired) electrons. The SMILES string of the molecule is CC(C)OP(=O)(OC(C)C)c1ncc(-c2ccc(C(F)(F)F)cc2)c(NC2CCCCCC2)n1. The van der Waals surface area contributed by atoms with Crippen molar-refractivity contribution < 1.29 is 26.8 Å². The Kier molecular flexibility index (Phi) is 8.77. The van der Waals surface area contributed by atoms with Crippen molar-refractivity contribution >= 4 is 19.0 Å². The third-order valence-corrected chi connectivity index (χ3v) is 7.54. The third-order valence-electron chi connectivity index (χ3n) is 5.44. The van der Waals surface area contributed by atoms with Gasteiger partial charge < -0.3 is 14.4 Å². The molecule has 188 valence electrons. The monoisotopic (exact) mass is 499 g/mol. The molecule has 2 aromatic rings. The number of aromatic nitrogens is 2. The van der Waals surface area contributed by atoms with Gasteiger partial charge in [0.05, 0.1) is 17.8 Å². The Balaban J connectivity index is 2.05. The van der Waals surface area contributed by atoms with Crippen LogP contribution in [0.15, 0.2) is 30.5 Å². The second-order valence-electron chi connectivity index (χ2n) is 9.15. The number of anilines is 1. The quantitative estimate of drug-likeness (QED) is 0.313. The zero-order chi connectivity index (χ0) is 24.9. The molecule has 1 aromatic carbocycles. The van der Waals surface area contributed by atoms with Crippen LogP contribution in [0.5, 0.6) is 0 Å². The van der Waals surface area contributed by atoms with Gasteiger partial charge in [-0.25, -0.2) is 9.97 Å². The van der Waals surface area contributed by atoms with Gasteiger partial charge >= 0.3 is 13.8 Å². The molecule has 34 heavy (non-hydrogen) atoms. The Morgan fingerprint density at radius 3 is 2.03 bits per heavy atom. The summed E-state index contributed by atoms with van der Waals surface area (Å²) in [6, 6.07) is 5.01. The maximum Gasteiger partial charge on any atom is 0.416 e. The molecule has 3 rings (SSSR count). The van der Waals surface area contributed by atoms with Crippen LogP contribution in [0.25, 0.3) is 11.1 Å². The molecule has 1 saturated carbocycles. The summed E-state index contributed by atoms with van der Waals surface area (Å²) in [5, 5.41) is 3.45. The molecule has 1 N–H and O–H groups in total. The molecular weight excluding hydrogens is 466 g/mol. The van der Waals surface area contributed by atoms with Gasteiger partial charge in [0.2, 0.25) is 5.57 Å². The van der Waals surface area contributed by atoms with Crippen LogP contribution in [0.4, 0.5) is 19.0 Å². The molecule has 0 bridgehead atoms. The lowest BCUT2D eigenvalue weighted by Crippen LogP contribution is -2.26. The molecule has 6 nitrogen and oxygen atoms in total. The summed E-state index contributed by atoms with van der Waals surface area (Å²) < 4.78 is 64.1. The second kappa shape index (κ2) is 11.2. The highest BCUT2D eigenvalue weighted by Gasteiger charge is 2.35. The molecule has 10 heteroatoms. The van der Waals surface area contributed by atoms with Gasteiger partial charge in [-0.3, -0.25) is 4.57 Å². The van der Waals surface area contributed by atoms with Crippen molar-refractivity contribution in [2.24, 2.45) is 0 Å². The van der Waals surface area contributed by atoms with Crippen LogP contribution in [-0.4, -0.2) is 28.2 Å². The third kappa shape index (κ3) is 7.03. The largest absolute Gasteiger partial charge is 0.416 e. The Labute approximate surface area is 199 Å². The molecule has 1 aromatic heterocycles. The zero-order valence-electron chi connectivity index (χ0n) is 20.1. The smallest absolute Gasteiger partial charge is 0.367 e. The maximum absolute atomic E-state index is 13.6. The minimum Gasteiger partial charge on any atom is -0.367 e. The first-order valence-electron chi connectivity index (χ1n) is 11.8. The van der Waals surface area contributed by atoms with Crippen LogP contribution in [-0.2, 0) is 19.8 Å². The standard InChI is InChI=1S/C24H33F3N3O3P/c1-16(2)32-34(31,33-17(3)4)23-28-15-21(18-11-13-19(14-12-18)24(25,26)27)22(30-23)29-20-9-7-5-6-8-10-20/h11-17,20H,5-10H2,1-4H3,(H,28,29,30). The molecule has 1 heterocycles. The first kappa shape index (κ1) is 26.6. The predicted molar refractivity (Wildman–Crippen MR) is 127 cm³/mol. The van der Waals surface area contributed by atoms with Crippen molar-refractivity contribution in [2.75, 3.05) is 5.32 Å². The van der Waals surface area contributed by atoms with E-state index in [0.717, 1.165) is 37.8 Å². The number of rotatable bonds is 8. The average molecular weight is 500 g/mol. The van der Waals surface area contributed by atoms with E-state index in [1.807, 2.05) is 0 Å². The summed E-state index contributed by atoms with van der Waals surface area (Å²) in [7, 11) is -3.83. The van der Waals surface area contributed by atoms with Crippen molar-refractivity contribution in [1.29, 1.82) is 0 Å². The van der Waals surface area contributed by atoms with E-state index in [1.54, 1.807) is 27.7 Å². The maximum atomic E-state index is 13.6. The van der Waals surface area contributed by atoms with Crippen molar-refractivity contribution in [3.05, 3.63) is 36.0 Å². The fourth-order valence-corrected chi connectivity index (χ4v) is 5.73. The molecule has 0 atom stereocenters. The molecule has 0 unspecified atom stereocenters. The fraction of sp³-hybridized carbons (Fsp3) is 0.583. The molecule has 1 aliphatic carbocycles. The van der Waals surface area contributed by atoms with Crippen molar-refractivity contribution in [3.63, 3.8) is 0 Å². The molecule has 0 saturated heterocycles. The van der Waals surface area contributed by atoms with E-state index in [9.17, 15) is 17.7 Å². The number of hydrogen-bond acceptors (Lipinski definition) is 6. The predicted octanol–water partition coefficient (Wildman–Crippen LogP) is 6.97. The van der Waals surface area contributed by atoms with Gasteiger partial charge in [-0.2, -0.15) is 13.2 Å². The van der Waals surface area contributed by atoms with Crippen LogP contribution in [0, 0.1) is 0 Å². The number of hydrogen-bond donors (Lipinski definition) is 1. The lowest BCUT2D eigenvalue weighted by atomic mass is 10.0. The fourth-order valence-electron chi connectivity index (χ4n) is 3.96. The minimum atomic E-state index is -4.42. The molecule has 1 fully saturated rings. The van der Waals surface area contributed by atoms with Gasteiger partial charge in [-0.05, 0) is 58.2 Å².